The fraction of sp³-hybridized carbons (Fsp3) is 0.800. The minimum atomic E-state index is -0.191. The molecule has 1 rings (SSSR count). The number of carbonyl (C=O) groups is 2. The molecule has 0 N–H and O–H groups in total. The molecule has 0 aromatic carbocycles. The van der Waals surface area contributed by atoms with Crippen molar-refractivity contribution in [2.75, 3.05) is 39.8 Å². The second kappa shape index (κ2) is 5.70. The van der Waals surface area contributed by atoms with Gasteiger partial charge in [-0.1, -0.05) is 0 Å². The lowest BCUT2D eigenvalue weighted by molar-refractivity contribution is -0.144. The molecule has 1 aliphatic heterocycles. The Bertz CT molecular complexity index is 243. The van der Waals surface area contributed by atoms with Crippen molar-refractivity contribution in [1.82, 2.24) is 9.80 Å². The van der Waals surface area contributed by atoms with Crippen LogP contribution in [0.4, 0.5) is 0 Å². The van der Waals surface area contributed by atoms with Crippen molar-refractivity contribution < 1.29 is 14.3 Å². The molecule has 1 aliphatic rings. The van der Waals surface area contributed by atoms with E-state index in [1.165, 1.54) is 0 Å². The fourth-order valence-electron chi connectivity index (χ4n) is 1.48. The Kier molecular flexibility index (Phi) is 4.55. The van der Waals surface area contributed by atoms with E-state index in [0.29, 0.717) is 26.1 Å². The number of nitrogens with zero attached hydrogens (tertiary/aromatic N) is 2. The summed E-state index contributed by atoms with van der Waals surface area (Å²) >= 11 is 0. The van der Waals surface area contributed by atoms with Gasteiger partial charge in [0.2, 0.25) is 5.91 Å². The van der Waals surface area contributed by atoms with Crippen LogP contribution in [0.3, 0.4) is 0 Å². The van der Waals surface area contributed by atoms with Crippen molar-refractivity contribution in [2.24, 2.45) is 0 Å². The van der Waals surface area contributed by atoms with E-state index in [1.54, 1.807) is 18.9 Å². The highest BCUT2D eigenvalue weighted by Crippen LogP contribution is 2.02. The van der Waals surface area contributed by atoms with Gasteiger partial charge in [0.25, 0.3) is 0 Å². The van der Waals surface area contributed by atoms with Gasteiger partial charge in [0.1, 0.15) is 0 Å². The van der Waals surface area contributed by atoms with E-state index in [2.05, 4.69) is 0 Å². The Morgan fingerprint density at radius 2 is 2.20 bits per heavy atom. The van der Waals surface area contributed by atoms with Gasteiger partial charge in [0.15, 0.2) is 0 Å². The number of ether oxygens (including phenoxy) is 1. The Morgan fingerprint density at radius 3 is 2.80 bits per heavy atom. The number of amides is 1. The van der Waals surface area contributed by atoms with Gasteiger partial charge in [0, 0.05) is 26.7 Å². The molecule has 0 bridgehead atoms. The van der Waals surface area contributed by atoms with Gasteiger partial charge < -0.3 is 9.64 Å². The molecule has 0 spiro atoms. The molecule has 0 saturated carbocycles. The predicted molar refractivity (Wildman–Crippen MR) is 55.3 cm³/mol. The van der Waals surface area contributed by atoms with Crippen LogP contribution in [0.15, 0.2) is 0 Å². The first-order valence-electron chi connectivity index (χ1n) is 5.25. The van der Waals surface area contributed by atoms with Crippen molar-refractivity contribution in [3.8, 4) is 0 Å². The molecule has 1 saturated heterocycles. The maximum absolute atomic E-state index is 11.3. The average molecular weight is 214 g/mol. The monoisotopic (exact) mass is 214 g/mol. The predicted octanol–water partition coefficient (Wildman–Crippen LogP) is -0.286. The fourth-order valence-corrected chi connectivity index (χ4v) is 1.48. The van der Waals surface area contributed by atoms with E-state index < -0.39 is 0 Å². The van der Waals surface area contributed by atoms with Crippen LogP contribution in [-0.2, 0) is 14.3 Å². The first kappa shape index (κ1) is 12.0. The molecular weight excluding hydrogens is 196 g/mol. The molecular formula is C10H18N2O3. The van der Waals surface area contributed by atoms with Crippen LogP contribution < -0.4 is 0 Å². The Labute approximate surface area is 90.0 Å². The summed E-state index contributed by atoms with van der Waals surface area (Å²) in [5.41, 5.74) is 0. The maximum atomic E-state index is 11.3. The van der Waals surface area contributed by atoms with E-state index in [-0.39, 0.29) is 11.9 Å². The first-order chi connectivity index (χ1) is 7.13. The molecule has 0 aliphatic carbocycles. The van der Waals surface area contributed by atoms with Crippen molar-refractivity contribution in [3.05, 3.63) is 0 Å². The second-order valence-electron chi connectivity index (χ2n) is 3.65. The van der Waals surface area contributed by atoms with Crippen molar-refractivity contribution in [1.29, 1.82) is 0 Å². The van der Waals surface area contributed by atoms with E-state index in [4.69, 9.17) is 4.74 Å². The Balaban J connectivity index is 2.22. The Morgan fingerprint density at radius 1 is 1.47 bits per heavy atom. The summed E-state index contributed by atoms with van der Waals surface area (Å²) in [6.07, 6.45) is 0.366. The third-order valence-corrected chi connectivity index (χ3v) is 2.47. The van der Waals surface area contributed by atoms with Gasteiger partial charge in [-0.15, -0.1) is 0 Å². The van der Waals surface area contributed by atoms with Crippen LogP contribution in [0.25, 0.3) is 0 Å². The highest BCUT2D eigenvalue weighted by atomic mass is 16.5. The van der Waals surface area contributed by atoms with Crippen LogP contribution in [-0.4, -0.2) is 61.5 Å². The Hall–Kier alpha value is -1.10. The summed E-state index contributed by atoms with van der Waals surface area (Å²) < 4.78 is 4.82. The topological polar surface area (TPSA) is 49.9 Å². The van der Waals surface area contributed by atoms with Crippen LogP contribution in [0, 0.1) is 0 Å². The molecule has 1 fully saturated rings. The lowest BCUT2D eigenvalue weighted by atomic mass is 10.3. The molecule has 5 heteroatoms. The summed E-state index contributed by atoms with van der Waals surface area (Å²) in [5, 5.41) is 0. The van der Waals surface area contributed by atoms with E-state index in [1.807, 2.05) is 4.90 Å². The van der Waals surface area contributed by atoms with Gasteiger partial charge in [-0.25, -0.2) is 0 Å². The van der Waals surface area contributed by atoms with Gasteiger partial charge in [0.05, 0.1) is 19.6 Å². The van der Waals surface area contributed by atoms with Crippen LogP contribution in [0.1, 0.15) is 13.3 Å². The molecule has 1 heterocycles. The molecule has 0 aromatic rings. The molecule has 0 unspecified atom stereocenters. The average Bonchev–Trinajstić information content (AvgIpc) is 2.20. The number of esters is 1. The van der Waals surface area contributed by atoms with Crippen LogP contribution in [0.2, 0.25) is 0 Å². The van der Waals surface area contributed by atoms with E-state index in [0.717, 1.165) is 13.1 Å². The zero-order valence-corrected chi connectivity index (χ0v) is 9.36. The smallest absolute Gasteiger partial charge is 0.307 e. The van der Waals surface area contributed by atoms with Crippen molar-refractivity contribution >= 4 is 11.9 Å². The lowest BCUT2D eigenvalue weighted by Gasteiger charge is -2.31. The molecule has 1 amide bonds. The summed E-state index contributed by atoms with van der Waals surface area (Å²) in [6.45, 7) is 4.80. The SMILES string of the molecule is CCOC(=O)CCN1CCN(C)C(=O)C1. The number of piperazine rings is 1. The molecule has 86 valence electrons. The third kappa shape index (κ3) is 3.87. The highest BCUT2D eigenvalue weighted by Gasteiger charge is 2.21. The molecule has 5 nitrogen and oxygen atoms in total. The molecule has 0 atom stereocenters. The largest absolute Gasteiger partial charge is 0.466 e. The quantitative estimate of drug-likeness (QED) is 0.604. The van der Waals surface area contributed by atoms with E-state index in [9.17, 15) is 9.59 Å². The van der Waals surface area contributed by atoms with Crippen molar-refractivity contribution in [3.63, 3.8) is 0 Å². The zero-order chi connectivity index (χ0) is 11.3. The summed E-state index contributed by atoms with van der Waals surface area (Å²) in [4.78, 5) is 26.1. The molecule has 15 heavy (non-hydrogen) atoms. The summed E-state index contributed by atoms with van der Waals surface area (Å²) in [7, 11) is 1.80. The molecule has 0 aromatic heterocycles. The number of hydrogen-bond acceptors (Lipinski definition) is 4. The number of likely N-dealkylation sites (N-methyl/N-ethyl adjacent to an activating group) is 1. The third-order valence-electron chi connectivity index (χ3n) is 2.47. The van der Waals surface area contributed by atoms with Gasteiger partial charge >= 0.3 is 5.97 Å². The van der Waals surface area contributed by atoms with Gasteiger partial charge in [-0.2, -0.15) is 0 Å². The number of rotatable bonds is 4. The first-order valence-corrected chi connectivity index (χ1v) is 5.25. The van der Waals surface area contributed by atoms with Gasteiger partial charge in [-0.05, 0) is 6.92 Å². The van der Waals surface area contributed by atoms with Crippen LogP contribution >= 0.6 is 0 Å². The highest BCUT2D eigenvalue weighted by molar-refractivity contribution is 5.78. The summed E-state index contributed by atoms with van der Waals surface area (Å²) in [5.74, 6) is -0.0750. The number of carbonyl (C=O) groups excluding carboxylic acids is 2. The normalized spacial score (nSPS) is 18.0. The number of hydrogen-bond donors (Lipinski definition) is 0. The maximum Gasteiger partial charge on any atom is 0.307 e. The standard InChI is InChI=1S/C10H18N2O3/c1-3-15-10(14)4-5-12-7-6-11(2)9(13)8-12/h3-8H2,1-2H3. The van der Waals surface area contributed by atoms with Crippen LogP contribution in [0.5, 0.6) is 0 Å². The lowest BCUT2D eigenvalue weighted by Crippen LogP contribution is -2.48. The van der Waals surface area contributed by atoms with Gasteiger partial charge in [-0.3, -0.25) is 14.5 Å². The zero-order valence-electron chi connectivity index (χ0n) is 9.36. The van der Waals surface area contributed by atoms with E-state index >= 15 is 0 Å². The van der Waals surface area contributed by atoms with Crippen molar-refractivity contribution in [2.45, 2.75) is 13.3 Å². The second-order valence-corrected chi connectivity index (χ2v) is 3.65. The minimum Gasteiger partial charge on any atom is -0.466 e. The molecule has 0 radical (unpaired) electrons. The summed E-state index contributed by atoms with van der Waals surface area (Å²) in [6, 6.07) is 0. The minimum absolute atomic E-state index is 0.116.